The number of hydrogen-bond acceptors (Lipinski definition) is 5. The third-order valence-electron chi connectivity index (χ3n) is 7.47. The Balaban J connectivity index is 1.85. The van der Waals surface area contributed by atoms with E-state index in [-0.39, 0.29) is 24.4 Å². The van der Waals surface area contributed by atoms with Crippen molar-refractivity contribution in [1.82, 2.24) is 0 Å². The molecule has 0 spiro atoms. The molecule has 0 aliphatic carbocycles. The van der Waals surface area contributed by atoms with Gasteiger partial charge in [-0.15, -0.1) is 0 Å². The van der Waals surface area contributed by atoms with E-state index in [1.807, 2.05) is 13.8 Å². The Morgan fingerprint density at radius 3 is 1.43 bits per heavy atom. The van der Waals surface area contributed by atoms with Crippen molar-refractivity contribution in [2.45, 2.75) is 173 Å². The first-order valence-corrected chi connectivity index (χ1v) is 15.9. The van der Waals surface area contributed by atoms with Crippen LogP contribution in [-0.2, 0) is 18.9 Å². The highest BCUT2D eigenvalue weighted by Gasteiger charge is 2.43. The minimum atomic E-state index is -0.451. The molecule has 6 heteroatoms. The molecule has 0 amide bonds. The second-order valence-electron chi connectivity index (χ2n) is 11.4. The summed E-state index contributed by atoms with van der Waals surface area (Å²) in [7, 11) is 7.84. The molecule has 0 aromatic rings. The maximum atomic E-state index is 8.78. The largest absolute Gasteiger partial charge is 0.396 e. The van der Waals surface area contributed by atoms with Gasteiger partial charge < -0.3 is 24.1 Å². The Bertz CT molecular complexity index is 479. The van der Waals surface area contributed by atoms with Crippen molar-refractivity contribution in [2.24, 2.45) is 0 Å². The molecule has 2 unspecified atom stereocenters. The van der Waals surface area contributed by atoms with E-state index in [2.05, 4.69) is 0 Å². The van der Waals surface area contributed by atoms with E-state index in [4.69, 9.17) is 31.9 Å². The summed E-state index contributed by atoms with van der Waals surface area (Å²) in [5, 5.41) is 8.78. The third-order valence-corrected chi connectivity index (χ3v) is 7.47. The zero-order valence-electron chi connectivity index (χ0n) is 24.8. The molecule has 1 saturated heterocycles. The van der Waals surface area contributed by atoms with Crippen LogP contribution in [0.1, 0.15) is 142 Å². The lowest BCUT2D eigenvalue weighted by Gasteiger charge is -2.26. The van der Waals surface area contributed by atoms with Crippen LogP contribution in [0.5, 0.6) is 0 Å². The summed E-state index contributed by atoms with van der Waals surface area (Å²) < 4.78 is 23.2. The van der Waals surface area contributed by atoms with E-state index in [1.165, 1.54) is 116 Å². The highest BCUT2D eigenvalue weighted by atomic mass is 16.6. The number of aliphatic hydroxyl groups excluding tert-OH is 1. The lowest BCUT2D eigenvalue weighted by atomic mass is 9.92. The average molecular weight is 525 g/mol. The van der Waals surface area contributed by atoms with Gasteiger partial charge in [-0.2, -0.15) is 0 Å². The highest BCUT2D eigenvalue weighted by molar-refractivity contribution is 6.11. The maximum absolute atomic E-state index is 8.78. The summed E-state index contributed by atoms with van der Waals surface area (Å²) in [6.07, 6.45) is 26.2. The van der Waals surface area contributed by atoms with E-state index in [1.54, 1.807) is 7.11 Å². The van der Waals surface area contributed by atoms with Crippen LogP contribution in [0.15, 0.2) is 0 Å². The molecule has 1 fully saturated rings. The second-order valence-corrected chi connectivity index (χ2v) is 11.4. The van der Waals surface area contributed by atoms with Gasteiger partial charge in [0.05, 0.1) is 12.7 Å². The predicted octanol–water partition coefficient (Wildman–Crippen LogP) is 7.50. The Morgan fingerprint density at radius 2 is 1.05 bits per heavy atom. The van der Waals surface area contributed by atoms with E-state index in [9.17, 15) is 0 Å². The van der Waals surface area contributed by atoms with Crippen molar-refractivity contribution < 1.29 is 24.1 Å². The molecule has 218 valence electrons. The molecule has 0 aromatic heterocycles. The Morgan fingerprint density at radius 1 is 0.649 bits per heavy atom. The minimum Gasteiger partial charge on any atom is -0.396 e. The van der Waals surface area contributed by atoms with E-state index in [0.717, 1.165) is 12.8 Å². The first-order chi connectivity index (χ1) is 18.1. The number of hydrogen-bond donors (Lipinski definition) is 1. The number of unbranched alkanes of at least 4 members (excludes halogenated alkanes) is 19. The summed E-state index contributed by atoms with van der Waals surface area (Å²) in [5.41, 5.74) is 0. The molecule has 1 rings (SSSR count). The van der Waals surface area contributed by atoms with Gasteiger partial charge in [0, 0.05) is 26.3 Å². The molecular formula is C31H61BO5. The molecule has 1 heterocycles. The van der Waals surface area contributed by atoms with Gasteiger partial charge in [-0.05, 0) is 26.7 Å². The van der Waals surface area contributed by atoms with Crippen molar-refractivity contribution in [2.75, 3.05) is 26.9 Å². The van der Waals surface area contributed by atoms with E-state index >= 15 is 0 Å². The smallest absolute Gasteiger partial charge is 0.114 e. The van der Waals surface area contributed by atoms with Crippen LogP contribution in [0.25, 0.3) is 0 Å². The van der Waals surface area contributed by atoms with E-state index < -0.39 is 6.00 Å². The van der Waals surface area contributed by atoms with Crippen LogP contribution in [0.3, 0.4) is 0 Å². The summed E-state index contributed by atoms with van der Waals surface area (Å²) in [6, 6.07) is -0.451. The third kappa shape index (κ3) is 18.7. The van der Waals surface area contributed by atoms with Crippen molar-refractivity contribution in [1.29, 1.82) is 0 Å². The number of methoxy groups -OCH3 is 1. The molecular weight excluding hydrogens is 463 g/mol. The number of rotatable bonds is 27. The predicted molar refractivity (Wildman–Crippen MR) is 155 cm³/mol. The van der Waals surface area contributed by atoms with Gasteiger partial charge in [-0.3, -0.25) is 0 Å². The normalized spacial score (nSPS) is 21.9. The number of aliphatic hydroxyl groups is 1. The Hall–Kier alpha value is -0.135. The van der Waals surface area contributed by atoms with Gasteiger partial charge in [-0.1, -0.05) is 116 Å². The highest BCUT2D eigenvalue weighted by Crippen LogP contribution is 2.27. The van der Waals surface area contributed by atoms with E-state index in [0.29, 0.717) is 19.8 Å². The van der Waals surface area contributed by atoms with Gasteiger partial charge >= 0.3 is 0 Å². The van der Waals surface area contributed by atoms with Crippen molar-refractivity contribution in [3.05, 3.63) is 0 Å². The van der Waals surface area contributed by atoms with Crippen LogP contribution >= 0.6 is 0 Å². The fraction of sp³-hybridized carbons (Fsp3) is 1.00. The summed E-state index contributed by atoms with van der Waals surface area (Å²) >= 11 is 0. The molecule has 1 aliphatic heterocycles. The Labute approximate surface area is 231 Å². The molecule has 1 aliphatic rings. The Kier molecular flexibility index (Phi) is 23.5. The van der Waals surface area contributed by atoms with Crippen LogP contribution in [0.4, 0.5) is 0 Å². The summed E-state index contributed by atoms with van der Waals surface area (Å²) in [5.74, 6) is 0. The topological polar surface area (TPSA) is 57.2 Å². The minimum absolute atomic E-state index is 0.100. The SMILES string of the molecule is [B][C@@H]1O[C@H](COC)C(OC(C)C)C1OCCCCCCCCCCCCCCCCCCCCCCO. The summed E-state index contributed by atoms with van der Waals surface area (Å²) in [6.45, 7) is 5.60. The van der Waals surface area contributed by atoms with Crippen LogP contribution in [-0.4, -0.2) is 70.3 Å². The quantitative estimate of drug-likeness (QED) is 0.0891. The van der Waals surface area contributed by atoms with Gasteiger partial charge in [0.2, 0.25) is 0 Å². The average Bonchev–Trinajstić information content (AvgIpc) is 3.15. The van der Waals surface area contributed by atoms with Gasteiger partial charge in [0.1, 0.15) is 26.2 Å². The molecule has 37 heavy (non-hydrogen) atoms. The van der Waals surface area contributed by atoms with Gasteiger partial charge in [0.25, 0.3) is 0 Å². The van der Waals surface area contributed by atoms with Crippen molar-refractivity contribution >= 4 is 7.85 Å². The fourth-order valence-corrected chi connectivity index (χ4v) is 5.34. The molecule has 5 nitrogen and oxygen atoms in total. The van der Waals surface area contributed by atoms with Gasteiger partial charge in [0.15, 0.2) is 0 Å². The molecule has 1 N–H and O–H groups in total. The van der Waals surface area contributed by atoms with Crippen molar-refractivity contribution in [3.8, 4) is 0 Å². The molecule has 4 atom stereocenters. The number of ether oxygens (including phenoxy) is 4. The van der Waals surface area contributed by atoms with Crippen LogP contribution in [0, 0.1) is 0 Å². The standard InChI is InChI=1S/C31H61BO5/c1-27(2)36-29-28(26-34-3)37-31(32)30(29)35-25-23-21-19-17-15-13-11-9-7-5-4-6-8-10-12-14-16-18-20-22-24-33/h27-31,33H,4-26H2,1-3H3/t28-,29?,30?,31-/m1/s1. The molecule has 0 aromatic carbocycles. The zero-order valence-corrected chi connectivity index (χ0v) is 24.8. The van der Waals surface area contributed by atoms with Crippen LogP contribution < -0.4 is 0 Å². The lowest BCUT2D eigenvalue weighted by Crippen LogP contribution is -2.40. The second kappa shape index (κ2) is 24.9. The first-order valence-electron chi connectivity index (χ1n) is 15.9. The lowest BCUT2D eigenvalue weighted by molar-refractivity contribution is -0.0958. The fourth-order valence-electron chi connectivity index (χ4n) is 5.34. The van der Waals surface area contributed by atoms with Crippen molar-refractivity contribution in [3.63, 3.8) is 0 Å². The molecule has 2 radical (unpaired) electrons. The molecule has 0 bridgehead atoms. The summed E-state index contributed by atoms with van der Waals surface area (Å²) in [4.78, 5) is 0. The molecule has 0 saturated carbocycles. The monoisotopic (exact) mass is 524 g/mol. The zero-order chi connectivity index (χ0) is 27.0. The maximum Gasteiger partial charge on any atom is 0.114 e. The first kappa shape index (κ1) is 34.9. The van der Waals surface area contributed by atoms with Crippen LogP contribution in [0.2, 0.25) is 0 Å². The van der Waals surface area contributed by atoms with Gasteiger partial charge in [-0.25, -0.2) is 0 Å².